The second kappa shape index (κ2) is 6.81. The van der Waals surface area contributed by atoms with Gasteiger partial charge in [0.2, 0.25) is 0 Å². The van der Waals surface area contributed by atoms with Crippen molar-refractivity contribution in [3.05, 3.63) is 0 Å². The quantitative estimate of drug-likeness (QED) is 0.541. The Labute approximate surface area is 104 Å². The summed E-state index contributed by atoms with van der Waals surface area (Å²) in [6.45, 7) is 9.15. The number of guanidine groups is 1. The predicted octanol–water partition coefficient (Wildman–Crippen LogP) is 1.09. The molecule has 0 saturated carbocycles. The van der Waals surface area contributed by atoms with Gasteiger partial charge in [-0.2, -0.15) is 0 Å². The van der Waals surface area contributed by atoms with Gasteiger partial charge in [0.25, 0.3) is 0 Å². The van der Waals surface area contributed by atoms with Crippen LogP contribution in [-0.2, 0) is 9.47 Å². The smallest absolute Gasteiger partial charge is 0.188 e. The number of ether oxygens (including phenoxy) is 2. The molecule has 0 aromatic rings. The molecule has 100 valence electrons. The van der Waals surface area contributed by atoms with Crippen molar-refractivity contribution in [2.24, 2.45) is 16.6 Å². The summed E-state index contributed by atoms with van der Waals surface area (Å²) in [4.78, 5) is 4.25. The minimum atomic E-state index is -0.453. The van der Waals surface area contributed by atoms with E-state index in [4.69, 9.17) is 15.2 Å². The van der Waals surface area contributed by atoms with Crippen LogP contribution >= 0.6 is 0 Å². The highest BCUT2D eigenvalue weighted by atomic mass is 16.7. The molecule has 0 unspecified atom stereocenters. The van der Waals surface area contributed by atoms with Gasteiger partial charge in [0, 0.05) is 19.5 Å². The van der Waals surface area contributed by atoms with Gasteiger partial charge < -0.3 is 20.5 Å². The van der Waals surface area contributed by atoms with E-state index in [1.54, 1.807) is 0 Å². The molecule has 5 heteroatoms. The highest BCUT2D eigenvalue weighted by Crippen LogP contribution is 2.21. The first kappa shape index (κ1) is 14.3. The first-order chi connectivity index (χ1) is 8.02. The molecule has 0 aromatic carbocycles. The van der Waals surface area contributed by atoms with Crippen LogP contribution in [0.2, 0.25) is 0 Å². The van der Waals surface area contributed by atoms with Crippen LogP contribution in [0, 0.1) is 5.92 Å². The number of rotatable bonds is 6. The second-order valence-corrected chi connectivity index (χ2v) is 4.96. The SMILES string of the molecule is CC(C)CCN=C(N)NCCC1(C)OCCO1. The van der Waals surface area contributed by atoms with E-state index in [2.05, 4.69) is 24.2 Å². The van der Waals surface area contributed by atoms with E-state index in [1.165, 1.54) is 0 Å². The summed E-state index contributed by atoms with van der Waals surface area (Å²) < 4.78 is 11.0. The summed E-state index contributed by atoms with van der Waals surface area (Å²) in [6.07, 6.45) is 1.83. The van der Waals surface area contributed by atoms with Gasteiger partial charge in [-0.1, -0.05) is 13.8 Å². The second-order valence-electron chi connectivity index (χ2n) is 4.96. The average molecular weight is 243 g/mol. The van der Waals surface area contributed by atoms with Gasteiger partial charge in [-0.3, -0.25) is 4.99 Å². The molecule has 0 atom stereocenters. The number of nitrogens with one attached hydrogen (secondary N) is 1. The van der Waals surface area contributed by atoms with Crippen LogP contribution in [-0.4, -0.2) is 38.0 Å². The normalized spacial score (nSPS) is 19.9. The van der Waals surface area contributed by atoms with Crippen LogP contribution in [0.3, 0.4) is 0 Å². The molecule has 0 spiro atoms. The van der Waals surface area contributed by atoms with Crippen LogP contribution in [0.15, 0.2) is 4.99 Å². The molecule has 1 fully saturated rings. The van der Waals surface area contributed by atoms with Gasteiger partial charge in [-0.05, 0) is 19.3 Å². The molecule has 0 amide bonds. The van der Waals surface area contributed by atoms with Crippen molar-refractivity contribution >= 4 is 5.96 Å². The molecule has 1 rings (SSSR count). The maximum Gasteiger partial charge on any atom is 0.188 e. The van der Waals surface area contributed by atoms with Gasteiger partial charge in [-0.15, -0.1) is 0 Å². The van der Waals surface area contributed by atoms with Gasteiger partial charge in [0.15, 0.2) is 11.7 Å². The third kappa shape index (κ3) is 5.89. The monoisotopic (exact) mass is 243 g/mol. The van der Waals surface area contributed by atoms with Crippen molar-refractivity contribution in [2.75, 3.05) is 26.3 Å². The Hall–Kier alpha value is -0.810. The average Bonchev–Trinajstić information content (AvgIpc) is 2.65. The standard InChI is InChI=1S/C12H25N3O2/c1-10(2)4-6-14-11(13)15-7-5-12(3)16-8-9-17-12/h10H,4-9H2,1-3H3,(H3,13,14,15). The lowest BCUT2D eigenvalue weighted by molar-refractivity contribution is -0.145. The van der Waals surface area contributed by atoms with Crippen LogP contribution in [0.5, 0.6) is 0 Å². The Bertz CT molecular complexity index is 248. The van der Waals surface area contributed by atoms with Gasteiger partial charge in [-0.25, -0.2) is 0 Å². The lowest BCUT2D eigenvalue weighted by atomic mass is 10.1. The van der Waals surface area contributed by atoms with Crippen LogP contribution in [0.25, 0.3) is 0 Å². The van der Waals surface area contributed by atoms with Gasteiger partial charge in [0.1, 0.15) is 0 Å². The number of hydrogen-bond donors (Lipinski definition) is 2. The van der Waals surface area contributed by atoms with E-state index < -0.39 is 5.79 Å². The molecule has 1 saturated heterocycles. The van der Waals surface area contributed by atoms with Gasteiger partial charge in [0.05, 0.1) is 13.2 Å². The maximum absolute atomic E-state index is 5.75. The Morgan fingerprint density at radius 2 is 2.06 bits per heavy atom. The van der Waals surface area contributed by atoms with Crippen LogP contribution < -0.4 is 11.1 Å². The first-order valence-corrected chi connectivity index (χ1v) is 6.33. The molecule has 0 aromatic heterocycles. The zero-order valence-corrected chi connectivity index (χ0v) is 11.2. The zero-order valence-electron chi connectivity index (χ0n) is 11.2. The van der Waals surface area contributed by atoms with Crippen LogP contribution in [0.1, 0.15) is 33.6 Å². The summed E-state index contributed by atoms with van der Waals surface area (Å²) in [5.41, 5.74) is 5.75. The van der Waals surface area contributed by atoms with E-state index in [0.29, 0.717) is 31.6 Å². The minimum absolute atomic E-state index is 0.453. The number of aliphatic imine (C=N–C) groups is 1. The highest BCUT2D eigenvalue weighted by Gasteiger charge is 2.30. The molecule has 1 aliphatic rings. The molecule has 5 nitrogen and oxygen atoms in total. The van der Waals surface area contributed by atoms with Crippen molar-refractivity contribution in [3.8, 4) is 0 Å². The molecule has 0 bridgehead atoms. The number of nitrogens with zero attached hydrogens (tertiary/aromatic N) is 1. The fourth-order valence-electron chi connectivity index (χ4n) is 1.62. The van der Waals surface area contributed by atoms with E-state index in [9.17, 15) is 0 Å². The van der Waals surface area contributed by atoms with E-state index in [-0.39, 0.29) is 0 Å². The topological polar surface area (TPSA) is 68.9 Å². The van der Waals surface area contributed by atoms with Crippen molar-refractivity contribution in [1.82, 2.24) is 5.32 Å². The Balaban J connectivity index is 2.12. The summed E-state index contributed by atoms with van der Waals surface area (Å²) in [6, 6.07) is 0. The third-order valence-corrected chi connectivity index (χ3v) is 2.77. The largest absolute Gasteiger partial charge is 0.370 e. The summed E-state index contributed by atoms with van der Waals surface area (Å²) in [5, 5.41) is 3.08. The van der Waals surface area contributed by atoms with Crippen molar-refractivity contribution < 1.29 is 9.47 Å². The maximum atomic E-state index is 5.75. The Morgan fingerprint density at radius 1 is 1.41 bits per heavy atom. The van der Waals surface area contributed by atoms with Crippen molar-refractivity contribution in [1.29, 1.82) is 0 Å². The first-order valence-electron chi connectivity index (χ1n) is 6.33. The molecular formula is C12H25N3O2. The minimum Gasteiger partial charge on any atom is -0.370 e. The third-order valence-electron chi connectivity index (χ3n) is 2.77. The van der Waals surface area contributed by atoms with Crippen LogP contribution in [0.4, 0.5) is 0 Å². The van der Waals surface area contributed by atoms with E-state index in [1.807, 2.05) is 6.92 Å². The number of hydrogen-bond acceptors (Lipinski definition) is 3. The zero-order chi connectivity index (χ0) is 12.7. The summed E-state index contributed by atoms with van der Waals surface area (Å²) in [7, 11) is 0. The molecule has 3 N–H and O–H groups in total. The Kier molecular flexibility index (Phi) is 5.71. The summed E-state index contributed by atoms with van der Waals surface area (Å²) >= 11 is 0. The highest BCUT2D eigenvalue weighted by molar-refractivity contribution is 5.77. The lowest BCUT2D eigenvalue weighted by Crippen LogP contribution is -2.37. The fraction of sp³-hybridized carbons (Fsp3) is 0.917. The molecule has 0 radical (unpaired) electrons. The molecule has 17 heavy (non-hydrogen) atoms. The summed E-state index contributed by atoms with van der Waals surface area (Å²) in [5.74, 6) is 0.712. The number of nitrogens with two attached hydrogens (primary N) is 1. The molecular weight excluding hydrogens is 218 g/mol. The predicted molar refractivity (Wildman–Crippen MR) is 68.9 cm³/mol. The van der Waals surface area contributed by atoms with Crippen molar-refractivity contribution in [3.63, 3.8) is 0 Å². The Morgan fingerprint density at radius 3 is 2.65 bits per heavy atom. The lowest BCUT2D eigenvalue weighted by Gasteiger charge is -2.22. The van der Waals surface area contributed by atoms with Crippen molar-refractivity contribution in [2.45, 2.75) is 39.4 Å². The molecule has 1 aliphatic heterocycles. The molecule has 1 heterocycles. The fourth-order valence-corrected chi connectivity index (χ4v) is 1.62. The molecule has 0 aliphatic carbocycles. The van der Waals surface area contributed by atoms with E-state index >= 15 is 0 Å². The van der Waals surface area contributed by atoms with E-state index in [0.717, 1.165) is 19.4 Å². The van der Waals surface area contributed by atoms with Gasteiger partial charge >= 0.3 is 0 Å².